The highest BCUT2D eigenvalue weighted by molar-refractivity contribution is 5.87. The van der Waals surface area contributed by atoms with Gasteiger partial charge >= 0.3 is 0 Å². The summed E-state index contributed by atoms with van der Waals surface area (Å²) in [5, 5.41) is 12.0. The van der Waals surface area contributed by atoms with Gasteiger partial charge in [-0.05, 0) is 25.8 Å². The van der Waals surface area contributed by atoms with E-state index in [2.05, 4.69) is 5.32 Å². The maximum atomic E-state index is 12.2. The van der Waals surface area contributed by atoms with Gasteiger partial charge in [0.05, 0.1) is 18.1 Å². The van der Waals surface area contributed by atoms with Crippen LogP contribution >= 0.6 is 0 Å². The molecule has 0 aliphatic carbocycles. The molecule has 3 nitrogen and oxygen atoms in total. The molecular weight excluding hydrogens is 214 g/mol. The van der Waals surface area contributed by atoms with E-state index < -0.39 is 5.41 Å². The van der Waals surface area contributed by atoms with E-state index in [9.17, 15) is 4.79 Å². The van der Waals surface area contributed by atoms with Gasteiger partial charge in [0.2, 0.25) is 5.91 Å². The van der Waals surface area contributed by atoms with Crippen LogP contribution in [0.15, 0.2) is 30.3 Å². The van der Waals surface area contributed by atoms with Crippen molar-refractivity contribution in [3.63, 3.8) is 0 Å². The maximum Gasteiger partial charge on any atom is 0.230 e. The summed E-state index contributed by atoms with van der Waals surface area (Å²) in [5.41, 5.74) is 0.398. The first kappa shape index (κ1) is 13.7. The van der Waals surface area contributed by atoms with Crippen LogP contribution in [-0.2, 0) is 10.2 Å². The molecule has 0 radical (unpaired) electrons. The summed E-state index contributed by atoms with van der Waals surface area (Å²) in [4.78, 5) is 12.2. The average Bonchev–Trinajstić information content (AvgIpc) is 2.36. The van der Waals surface area contributed by atoms with Crippen molar-refractivity contribution in [1.29, 1.82) is 0 Å². The van der Waals surface area contributed by atoms with Crippen LogP contribution < -0.4 is 5.32 Å². The summed E-state index contributed by atoms with van der Waals surface area (Å²) in [6, 6.07) is 9.51. The lowest BCUT2D eigenvalue weighted by Gasteiger charge is -2.26. The van der Waals surface area contributed by atoms with Crippen molar-refractivity contribution in [2.45, 2.75) is 38.6 Å². The predicted molar refractivity (Wildman–Crippen MR) is 68.8 cm³/mol. The fourth-order valence-electron chi connectivity index (χ4n) is 1.63. The monoisotopic (exact) mass is 235 g/mol. The molecule has 2 N–H and O–H groups in total. The quantitative estimate of drug-likeness (QED) is 0.818. The highest BCUT2D eigenvalue weighted by Gasteiger charge is 2.30. The number of rotatable bonds is 5. The summed E-state index contributed by atoms with van der Waals surface area (Å²) < 4.78 is 0. The number of hydrogen-bond donors (Lipinski definition) is 2. The van der Waals surface area contributed by atoms with Crippen molar-refractivity contribution < 1.29 is 9.90 Å². The Labute approximate surface area is 103 Å². The molecule has 17 heavy (non-hydrogen) atoms. The van der Waals surface area contributed by atoms with E-state index in [-0.39, 0.29) is 18.6 Å². The van der Waals surface area contributed by atoms with Crippen LogP contribution in [0.25, 0.3) is 0 Å². The van der Waals surface area contributed by atoms with Crippen molar-refractivity contribution >= 4 is 5.91 Å². The first-order valence-corrected chi connectivity index (χ1v) is 5.99. The second kappa shape index (κ2) is 5.82. The van der Waals surface area contributed by atoms with Crippen LogP contribution in [0, 0.1) is 0 Å². The molecule has 94 valence electrons. The first-order valence-electron chi connectivity index (χ1n) is 5.99. The predicted octanol–water partition coefficient (Wildman–Crippen LogP) is 1.85. The molecule has 0 unspecified atom stereocenters. The van der Waals surface area contributed by atoms with Crippen LogP contribution in [0.1, 0.15) is 32.8 Å². The van der Waals surface area contributed by atoms with Gasteiger partial charge in [-0.25, -0.2) is 0 Å². The third-order valence-corrected chi connectivity index (χ3v) is 3.11. The van der Waals surface area contributed by atoms with E-state index in [1.807, 2.05) is 51.1 Å². The summed E-state index contributed by atoms with van der Waals surface area (Å²) in [5.74, 6) is -0.0513. The number of amides is 1. The lowest BCUT2D eigenvalue weighted by Crippen LogP contribution is -2.46. The Balaban J connectivity index is 2.80. The van der Waals surface area contributed by atoms with Gasteiger partial charge < -0.3 is 10.4 Å². The number of hydrogen-bond acceptors (Lipinski definition) is 2. The van der Waals surface area contributed by atoms with Gasteiger partial charge in [0.15, 0.2) is 0 Å². The van der Waals surface area contributed by atoms with Crippen LogP contribution in [0.3, 0.4) is 0 Å². The second-order valence-electron chi connectivity index (χ2n) is 4.75. The van der Waals surface area contributed by atoms with Crippen molar-refractivity contribution in [2.24, 2.45) is 0 Å². The zero-order valence-electron chi connectivity index (χ0n) is 10.7. The largest absolute Gasteiger partial charge is 0.394 e. The van der Waals surface area contributed by atoms with Crippen LogP contribution in [0.2, 0.25) is 0 Å². The molecule has 0 spiro atoms. The minimum absolute atomic E-state index is 0.0207. The van der Waals surface area contributed by atoms with E-state index >= 15 is 0 Å². The van der Waals surface area contributed by atoms with Crippen molar-refractivity contribution in [1.82, 2.24) is 5.32 Å². The zero-order valence-corrected chi connectivity index (χ0v) is 10.7. The second-order valence-corrected chi connectivity index (χ2v) is 4.75. The van der Waals surface area contributed by atoms with Crippen LogP contribution in [0.5, 0.6) is 0 Å². The molecular formula is C14H21NO2. The molecule has 0 saturated heterocycles. The smallest absolute Gasteiger partial charge is 0.230 e. The van der Waals surface area contributed by atoms with Crippen LogP contribution in [-0.4, -0.2) is 23.7 Å². The zero-order chi connectivity index (χ0) is 12.9. The molecule has 0 aromatic heterocycles. The van der Waals surface area contributed by atoms with Gasteiger partial charge in [0, 0.05) is 0 Å². The van der Waals surface area contributed by atoms with E-state index in [0.29, 0.717) is 0 Å². The molecule has 0 fully saturated rings. The number of aliphatic hydroxyl groups excluding tert-OH is 1. The highest BCUT2D eigenvalue weighted by Crippen LogP contribution is 2.23. The molecule has 0 aliphatic rings. The SMILES string of the molecule is CC[C@@H](CO)NC(=O)C(C)(C)c1ccccc1. The van der Waals surface area contributed by atoms with Gasteiger partial charge in [-0.2, -0.15) is 0 Å². The lowest BCUT2D eigenvalue weighted by atomic mass is 9.83. The maximum absolute atomic E-state index is 12.2. The summed E-state index contributed by atoms with van der Waals surface area (Å²) in [6.07, 6.45) is 0.729. The van der Waals surface area contributed by atoms with E-state index in [1.165, 1.54) is 0 Å². The summed E-state index contributed by atoms with van der Waals surface area (Å²) in [7, 11) is 0. The molecule has 0 saturated carbocycles. The highest BCUT2D eigenvalue weighted by atomic mass is 16.3. The van der Waals surface area contributed by atoms with Crippen molar-refractivity contribution in [3.05, 3.63) is 35.9 Å². The normalized spacial score (nSPS) is 13.2. The van der Waals surface area contributed by atoms with Gasteiger partial charge in [-0.3, -0.25) is 4.79 Å². The van der Waals surface area contributed by atoms with E-state index in [1.54, 1.807) is 0 Å². The number of aliphatic hydroxyl groups is 1. The Morgan fingerprint density at radius 3 is 2.41 bits per heavy atom. The third-order valence-electron chi connectivity index (χ3n) is 3.11. The topological polar surface area (TPSA) is 49.3 Å². The molecule has 0 bridgehead atoms. The molecule has 1 aromatic carbocycles. The Morgan fingerprint density at radius 2 is 1.94 bits per heavy atom. The van der Waals surface area contributed by atoms with Gasteiger partial charge in [-0.1, -0.05) is 37.3 Å². The lowest BCUT2D eigenvalue weighted by molar-refractivity contribution is -0.126. The van der Waals surface area contributed by atoms with Gasteiger partial charge in [-0.15, -0.1) is 0 Å². The Kier molecular flexibility index (Phi) is 4.70. The van der Waals surface area contributed by atoms with Gasteiger partial charge in [0.1, 0.15) is 0 Å². The van der Waals surface area contributed by atoms with Crippen molar-refractivity contribution in [3.8, 4) is 0 Å². The number of benzene rings is 1. The number of carbonyl (C=O) groups excluding carboxylic acids is 1. The third kappa shape index (κ3) is 3.30. The average molecular weight is 235 g/mol. The van der Waals surface area contributed by atoms with Gasteiger partial charge in [0.25, 0.3) is 0 Å². The fraction of sp³-hybridized carbons (Fsp3) is 0.500. The minimum Gasteiger partial charge on any atom is -0.394 e. The Hall–Kier alpha value is -1.35. The van der Waals surface area contributed by atoms with E-state index in [4.69, 9.17) is 5.11 Å². The van der Waals surface area contributed by atoms with E-state index in [0.717, 1.165) is 12.0 Å². The van der Waals surface area contributed by atoms with Crippen LogP contribution in [0.4, 0.5) is 0 Å². The molecule has 0 heterocycles. The molecule has 1 amide bonds. The number of carbonyl (C=O) groups is 1. The fourth-order valence-corrected chi connectivity index (χ4v) is 1.63. The Morgan fingerprint density at radius 1 is 1.35 bits per heavy atom. The molecule has 3 heteroatoms. The summed E-state index contributed by atoms with van der Waals surface area (Å²) in [6.45, 7) is 5.70. The van der Waals surface area contributed by atoms with Crippen molar-refractivity contribution in [2.75, 3.05) is 6.61 Å². The molecule has 1 rings (SSSR count). The standard InChI is InChI=1S/C14H21NO2/c1-4-12(10-16)15-13(17)14(2,3)11-8-6-5-7-9-11/h5-9,12,16H,4,10H2,1-3H3,(H,15,17)/t12-/m0/s1. The Bertz CT molecular complexity index is 356. The minimum atomic E-state index is -0.580. The molecule has 0 aliphatic heterocycles. The first-order chi connectivity index (χ1) is 8.02. The summed E-state index contributed by atoms with van der Waals surface area (Å²) >= 11 is 0. The molecule has 1 aromatic rings. The number of nitrogens with one attached hydrogen (secondary N) is 1. The molecule has 1 atom stereocenters.